The van der Waals surface area contributed by atoms with Gasteiger partial charge in [-0.2, -0.15) is 0 Å². The molecular weight excluding hydrogens is 851 g/mol. The van der Waals surface area contributed by atoms with Crippen LogP contribution in [0.2, 0.25) is 0 Å². The molecule has 0 bridgehead atoms. The Bertz CT molecular complexity index is 1940. The number of benzene rings is 2. The summed E-state index contributed by atoms with van der Waals surface area (Å²) in [6, 6.07) is 6.80. The number of ether oxygens (including phenoxy) is 9. The summed E-state index contributed by atoms with van der Waals surface area (Å²) in [4.78, 5) is 24.6. The van der Waals surface area contributed by atoms with E-state index in [1.54, 1.807) is 31.2 Å². The van der Waals surface area contributed by atoms with E-state index in [0.717, 1.165) is 51.4 Å². The Balaban J connectivity index is 1.00. The van der Waals surface area contributed by atoms with E-state index in [1.807, 2.05) is 0 Å². The van der Waals surface area contributed by atoms with Crippen molar-refractivity contribution in [3.8, 4) is 28.7 Å². The Labute approximate surface area is 375 Å². The van der Waals surface area contributed by atoms with Crippen LogP contribution < -0.4 is 23.5 Å². The lowest BCUT2D eigenvalue weighted by molar-refractivity contribution is -0.364. The van der Waals surface area contributed by atoms with Gasteiger partial charge >= 0.3 is 13.8 Å². The zero-order valence-electron chi connectivity index (χ0n) is 37.3. The number of allylic oxidation sites excluding steroid dienone is 4. The molecule has 0 radical (unpaired) electrons. The Morgan fingerprint density at radius 1 is 0.797 bits per heavy atom. The molecule has 64 heavy (non-hydrogen) atoms. The van der Waals surface area contributed by atoms with E-state index in [2.05, 4.69) is 31.2 Å². The lowest BCUT2D eigenvalue weighted by Crippen LogP contribution is -2.63. The molecule has 7 rings (SSSR count). The van der Waals surface area contributed by atoms with Crippen molar-refractivity contribution in [1.82, 2.24) is 0 Å². The van der Waals surface area contributed by atoms with E-state index < -0.39 is 74.6 Å². The van der Waals surface area contributed by atoms with Gasteiger partial charge in [0.15, 0.2) is 35.6 Å². The molecule has 2 aromatic rings. The second-order valence-corrected chi connectivity index (χ2v) is 18.3. The highest BCUT2D eigenvalue weighted by atomic mass is 31.2. The molecule has 16 nitrogen and oxygen atoms in total. The first kappa shape index (κ1) is 48.2. The summed E-state index contributed by atoms with van der Waals surface area (Å²) in [6.07, 6.45) is 14.6. The number of fused-ring (bicyclic) bond motifs is 4. The molecule has 1 aliphatic carbocycles. The largest absolute Gasteiger partial charge is 0.527 e. The minimum atomic E-state index is -4.63. The van der Waals surface area contributed by atoms with Gasteiger partial charge in [0.25, 0.3) is 0 Å². The van der Waals surface area contributed by atoms with Crippen LogP contribution in [0.1, 0.15) is 120 Å². The van der Waals surface area contributed by atoms with Gasteiger partial charge in [-0.3, -0.25) is 14.2 Å². The van der Waals surface area contributed by atoms with E-state index in [4.69, 9.17) is 51.7 Å². The number of phosphoric ester groups is 1. The zero-order valence-corrected chi connectivity index (χ0v) is 38.2. The molecule has 0 spiro atoms. The van der Waals surface area contributed by atoms with E-state index in [-0.39, 0.29) is 43.9 Å². The van der Waals surface area contributed by atoms with Gasteiger partial charge in [0.1, 0.15) is 24.4 Å². The van der Waals surface area contributed by atoms with Gasteiger partial charge < -0.3 is 57.4 Å². The Morgan fingerprint density at radius 2 is 1.45 bits per heavy atom. The van der Waals surface area contributed by atoms with Crippen LogP contribution >= 0.6 is 7.82 Å². The van der Waals surface area contributed by atoms with Gasteiger partial charge in [0, 0.05) is 11.8 Å². The summed E-state index contributed by atoms with van der Waals surface area (Å²) in [5.74, 6) is -1.73. The predicted molar refractivity (Wildman–Crippen MR) is 232 cm³/mol. The minimum Gasteiger partial charge on any atom is -0.493 e. The van der Waals surface area contributed by atoms with E-state index >= 15 is 0 Å². The lowest BCUT2D eigenvalue weighted by Gasteiger charge is -2.47. The summed E-state index contributed by atoms with van der Waals surface area (Å²) >= 11 is 0. The molecule has 0 aromatic heterocycles. The summed E-state index contributed by atoms with van der Waals surface area (Å²) < 4.78 is 77.0. The second-order valence-electron chi connectivity index (χ2n) is 16.9. The highest BCUT2D eigenvalue weighted by molar-refractivity contribution is 7.47. The number of rotatable bonds is 23. The fourth-order valence-corrected chi connectivity index (χ4v) is 10.0. The van der Waals surface area contributed by atoms with Crippen LogP contribution in [0.25, 0.3) is 0 Å². The molecule has 2 aromatic carbocycles. The molecule has 4 aliphatic heterocycles. The van der Waals surface area contributed by atoms with Gasteiger partial charge in [-0.25, -0.2) is 4.57 Å². The third kappa shape index (κ3) is 11.4. The number of carbonyl (C=O) groups excluding carboxylic acids is 1. The number of unbranched alkanes of at least 4 members (excludes halogenated alkanes) is 9. The maximum Gasteiger partial charge on any atom is 0.527 e. The molecule has 3 saturated heterocycles. The van der Waals surface area contributed by atoms with Crippen molar-refractivity contribution in [2.75, 3.05) is 40.8 Å². The zero-order chi connectivity index (χ0) is 45.2. The van der Waals surface area contributed by atoms with Crippen molar-refractivity contribution >= 4 is 13.8 Å². The first-order valence-electron chi connectivity index (χ1n) is 22.8. The highest BCUT2D eigenvalue weighted by Crippen LogP contribution is 2.58. The quantitative estimate of drug-likeness (QED) is 0.0420. The minimum absolute atomic E-state index is 0.0185. The van der Waals surface area contributed by atoms with Crippen LogP contribution in [-0.4, -0.2) is 98.9 Å². The van der Waals surface area contributed by atoms with Crippen LogP contribution in [0, 0.1) is 11.8 Å². The SMILES string of the molecule is CCCCCC=CCC=CCCCCCCCCOP(=O)(O)Oc1c(OC)cc([C@@H]2c3cc4c(cc3[C@@H](O[C@@H]3O[C@@H]5CO[C@@H](C)OC5[C@H](O)[C@H]3O)[C@H]3COC(=O)[C@H]23)OCO4)cc1OC. The van der Waals surface area contributed by atoms with E-state index in [0.29, 0.717) is 34.6 Å². The Morgan fingerprint density at radius 3 is 2.14 bits per heavy atom. The summed E-state index contributed by atoms with van der Waals surface area (Å²) in [5, 5.41) is 22.3. The summed E-state index contributed by atoms with van der Waals surface area (Å²) in [5.41, 5.74) is 1.78. The number of esters is 1. The smallest absolute Gasteiger partial charge is 0.493 e. The van der Waals surface area contributed by atoms with Crippen molar-refractivity contribution in [3.63, 3.8) is 0 Å². The third-order valence-electron chi connectivity index (χ3n) is 12.5. The van der Waals surface area contributed by atoms with Crippen LogP contribution in [-0.2, 0) is 37.6 Å². The van der Waals surface area contributed by atoms with Crippen molar-refractivity contribution in [3.05, 3.63) is 65.3 Å². The average Bonchev–Trinajstić information content (AvgIpc) is 3.91. The van der Waals surface area contributed by atoms with Crippen LogP contribution in [0.5, 0.6) is 28.7 Å². The molecule has 0 amide bonds. The van der Waals surface area contributed by atoms with Crippen molar-refractivity contribution < 1.29 is 76.1 Å². The van der Waals surface area contributed by atoms with Gasteiger partial charge in [0.05, 0.1) is 46.1 Å². The number of hydrogen-bond acceptors (Lipinski definition) is 15. The van der Waals surface area contributed by atoms with Crippen molar-refractivity contribution in [2.45, 2.75) is 140 Å². The molecule has 354 valence electrons. The number of hydrogen-bond donors (Lipinski definition) is 3. The topological polar surface area (TPSA) is 196 Å². The normalized spacial score (nSPS) is 29.3. The predicted octanol–water partition coefficient (Wildman–Crippen LogP) is 7.94. The van der Waals surface area contributed by atoms with E-state index in [1.165, 1.54) is 33.5 Å². The highest BCUT2D eigenvalue weighted by Gasteiger charge is 2.56. The molecule has 4 heterocycles. The molecule has 3 fully saturated rings. The Kier molecular flexibility index (Phi) is 17.1. The fourth-order valence-electron chi connectivity index (χ4n) is 9.22. The number of phosphoric acid groups is 1. The van der Waals surface area contributed by atoms with Gasteiger partial charge in [-0.15, -0.1) is 0 Å². The third-order valence-corrected chi connectivity index (χ3v) is 13.5. The van der Waals surface area contributed by atoms with Crippen LogP contribution in [0.3, 0.4) is 0 Å². The number of methoxy groups -OCH3 is 2. The molecule has 2 unspecified atom stereocenters. The molecule has 5 aliphatic rings. The number of aliphatic hydroxyl groups excluding tert-OH is 2. The molecule has 0 saturated carbocycles. The number of carbonyl (C=O) groups is 1. The summed E-state index contributed by atoms with van der Waals surface area (Å²) in [7, 11) is -1.85. The van der Waals surface area contributed by atoms with E-state index in [9.17, 15) is 24.5 Å². The van der Waals surface area contributed by atoms with Gasteiger partial charge in [-0.1, -0.05) is 69.8 Å². The van der Waals surface area contributed by atoms with Crippen molar-refractivity contribution in [2.24, 2.45) is 11.8 Å². The summed E-state index contributed by atoms with van der Waals surface area (Å²) in [6.45, 7) is 4.02. The first-order valence-corrected chi connectivity index (χ1v) is 24.3. The van der Waals surface area contributed by atoms with Crippen LogP contribution in [0.4, 0.5) is 0 Å². The lowest BCUT2D eigenvalue weighted by atomic mass is 9.66. The average molecular weight is 917 g/mol. The maximum atomic E-state index is 13.8. The Hall–Kier alpha value is -3.70. The van der Waals surface area contributed by atoms with Crippen LogP contribution in [0.15, 0.2) is 48.6 Å². The molecule has 11 atom stereocenters. The molecular formula is C47H65O16P. The van der Waals surface area contributed by atoms with Crippen molar-refractivity contribution in [1.29, 1.82) is 0 Å². The number of aliphatic hydroxyl groups is 2. The maximum absolute atomic E-state index is 13.8. The molecule has 17 heteroatoms. The molecule has 3 N–H and O–H groups in total. The van der Waals surface area contributed by atoms with Gasteiger partial charge in [-0.05, 0) is 86.4 Å². The standard InChI is InChI=1S/C47H65O16P/c1-5-6-7-8-9-10-11-12-13-14-15-16-17-18-19-20-21-59-64(51,52)63-44-36(53-3)22-30(23-37(44)54-4)39-31-24-34-35(58-28-57-34)25-32(31)43(33-26-56-46(50)40(33)39)62-47-42(49)41(48)45-38(61-47)27-55-29(2)60-45/h9-10,12-13,22-25,29,33,38-43,45,47-49H,5-8,11,14-21,26-28H2,1-4H3,(H,51,52)/t29-,33+,38-,39-,40+,41-,42-,43-,45?,47+/m1/s1. The monoisotopic (exact) mass is 916 g/mol. The second kappa shape index (κ2) is 22.7. The van der Waals surface area contributed by atoms with Gasteiger partial charge in [0.2, 0.25) is 12.5 Å². The fraction of sp³-hybridized carbons (Fsp3) is 0.638. The number of cyclic esters (lactones) is 1. The first-order chi connectivity index (χ1) is 31.0.